The van der Waals surface area contributed by atoms with Crippen LogP contribution in [0.5, 0.6) is 0 Å². The van der Waals surface area contributed by atoms with Crippen molar-refractivity contribution < 1.29 is 9.53 Å². The SMILES string of the molecule is CCOC(=O)C(CC)N(CCC(C)C)C1CC1. The van der Waals surface area contributed by atoms with Crippen molar-refractivity contribution in [3.63, 3.8) is 0 Å². The van der Waals surface area contributed by atoms with Crippen LogP contribution in [-0.2, 0) is 9.53 Å². The number of esters is 1. The first kappa shape index (κ1) is 14.5. The molecule has 1 aliphatic rings. The molecule has 17 heavy (non-hydrogen) atoms. The second kappa shape index (κ2) is 7.00. The molecule has 0 aromatic heterocycles. The first-order chi connectivity index (χ1) is 8.10. The number of ether oxygens (including phenoxy) is 1. The summed E-state index contributed by atoms with van der Waals surface area (Å²) in [5, 5.41) is 0. The van der Waals surface area contributed by atoms with Crippen LogP contribution in [0, 0.1) is 5.92 Å². The summed E-state index contributed by atoms with van der Waals surface area (Å²) >= 11 is 0. The van der Waals surface area contributed by atoms with Crippen LogP contribution in [0.1, 0.15) is 53.4 Å². The lowest BCUT2D eigenvalue weighted by molar-refractivity contribution is -0.150. The maximum atomic E-state index is 11.9. The first-order valence-corrected chi connectivity index (χ1v) is 7.02. The van der Waals surface area contributed by atoms with Gasteiger partial charge in [-0.05, 0) is 45.1 Å². The second-order valence-electron chi connectivity index (χ2n) is 5.33. The summed E-state index contributed by atoms with van der Waals surface area (Å²) in [4.78, 5) is 14.3. The lowest BCUT2D eigenvalue weighted by atomic mass is 10.1. The zero-order valence-electron chi connectivity index (χ0n) is 11.7. The summed E-state index contributed by atoms with van der Waals surface area (Å²) in [5.41, 5.74) is 0. The smallest absolute Gasteiger partial charge is 0.323 e. The van der Waals surface area contributed by atoms with Gasteiger partial charge in [0.1, 0.15) is 6.04 Å². The van der Waals surface area contributed by atoms with Crippen molar-refractivity contribution in [2.75, 3.05) is 13.2 Å². The molecule has 1 unspecified atom stereocenters. The predicted molar refractivity (Wildman–Crippen MR) is 69.9 cm³/mol. The molecule has 1 saturated carbocycles. The summed E-state index contributed by atoms with van der Waals surface area (Å²) in [5.74, 6) is 0.654. The number of carbonyl (C=O) groups excluding carboxylic acids is 1. The van der Waals surface area contributed by atoms with E-state index in [-0.39, 0.29) is 12.0 Å². The Morgan fingerprint density at radius 2 is 2.00 bits per heavy atom. The van der Waals surface area contributed by atoms with Gasteiger partial charge in [0.2, 0.25) is 0 Å². The van der Waals surface area contributed by atoms with Crippen molar-refractivity contribution in [3.05, 3.63) is 0 Å². The second-order valence-corrected chi connectivity index (χ2v) is 5.33. The highest BCUT2D eigenvalue weighted by molar-refractivity contribution is 5.75. The van der Waals surface area contributed by atoms with E-state index >= 15 is 0 Å². The standard InChI is InChI=1S/C14H27NO2/c1-5-13(14(16)17-6-2)15(12-7-8-12)10-9-11(3)4/h11-13H,5-10H2,1-4H3. The van der Waals surface area contributed by atoms with E-state index in [0.717, 1.165) is 19.4 Å². The fourth-order valence-electron chi connectivity index (χ4n) is 2.18. The molecule has 1 rings (SSSR count). The largest absolute Gasteiger partial charge is 0.465 e. The third kappa shape index (κ3) is 4.66. The van der Waals surface area contributed by atoms with E-state index < -0.39 is 0 Å². The van der Waals surface area contributed by atoms with Crippen LogP contribution in [-0.4, -0.2) is 36.1 Å². The van der Waals surface area contributed by atoms with Gasteiger partial charge in [0.15, 0.2) is 0 Å². The quantitative estimate of drug-likeness (QED) is 0.612. The molecule has 0 aromatic carbocycles. The van der Waals surface area contributed by atoms with Crippen LogP contribution in [0.25, 0.3) is 0 Å². The van der Waals surface area contributed by atoms with Gasteiger partial charge in [-0.3, -0.25) is 9.69 Å². The van der Waals surface area contributed by atoms with Gasteiger partial charge < -0.3 is 4.74 Å². The Hall–Kier alpha value is -0.570. The highest BCUT2D eigenvalue weighted by atomic mass is 16.5. The molecule has 1 fully saturated rings. The summed E-state index contributed by atoms with van der Waals surface area (Å²) in [6.45, 7) is 9.93. The third-order valence-electron chi connectivity index (χ3n) is 3.33. The molecule has 0 radical (unpaired) electrons. The van der Waals surface area contributed by atoms with E-state index in [0.29, 0.717) is 18.6 Å². The lowest BCUT2D eigenvalue weighted by Gasteiger charge is -2.30. The monoisotopic (exact) mass is 241 g/mol. The zero-order valence-corrected chi connectivity index (χ0v) is 11.7. The molecule has 1 atom stereocenters. The highest BCUT2D eigenvalue weighted by Crippen LogP contribution is 2.30. The highest BCUT2D eigenvalue weighted by Gasteiger charge is 2.36. The number of carbonyl (C=O) groups is 1. The van der Waals surface area contributed by atoms with Crippen molar-refractivity contribution in [1.82, 2.24) is 4.90 Å². The molecule has 0 heterocycles. The molecule has 3 heteroatoms. The summed E-state index contributed by atoms with van der Waals surface area (Å²) in [7, 11) is 0. The average molecular weight is 241 g/mol. The average Bonchev–Trinajstić information content (AvgIpc) is 3.07. The maximum absolute atomic E-state index is 11.9. The molecule has 0 bridgehead atoms. The van der Waals surface area contributed by atoms with Gasteiger partial charge in [-0.25, -0.2) is 0 Å². The van der Waals surface area contributed by atoms with Gasteiger partial charge in [-0.15, -0.1) is 0 Å². The Labute approximate surface area is 106 Å². The summed E-state index contributed by atoms with van der Waals surface area (Å²) < 4.78 is 5.18. The Bertz CT molecular complexity index is 236. The Kier molecular flexibility index (Phi) is 5.96. The van der Waals surface area contributed by atoms with Crippen LogP contribution in [0.3, 0.4) is 0 Å². The molecule has 0 amide bonds. The fraction of sp³-hybridized carbons (Fsp3) is 0.929. The number of nitrogens with zero attached hydrogens (tertiary/aromatic N) is 1. The van der Waals surface area contributed by atoms with Crippen molar-refractivity contribution in [3.8, 4) is 0 Å². The maximum Gasteiger partial charge on any atom is 0.323 e. The molecule has 0 saturated heterocycles. The zero-order chi connectivity index (χ0) is 12.8. The first-order valence-electron chi connectivity index (χ1n) is 7.02. The van der Waals surface area contributed by atoms with E-state index in [9.17, 15) is 4.79 Å². The van der Waals surface area contributed by atoms with Gasteiger partial charge in [-0.2, -0.15) is 0 Å². The van der Waals surface area contributed by atoms with Crippen LogP contribution >= 0.6 is 0 Å². The molecule has 1 aliphatic carbocycles. The van der Waals surface area contributed by atoms with Gasteiger partial charge in [0.05, 0.1) is 6.61 Å². The van der Waals surface area contributed by atoms with Gasteiger partial charge >= 0.3 is 5.97 Å². The van der Waals surface area contributed by atoms with Crippen molar-refractivity contribution in [1.29, 1.82) is 0 Å². The van der Waals surface area contributed by atoms with E-state index in [4.69, 9.17) is 4.74 Å². The minimum atomic E-state index is -0.0364. The van der Waals surface area contributed by atoms with E-state index in [1.54, 1.807) is 0 Å². The predicted octanol–water partition coefficient (Wildman–Crippen LogP) is 2.84. The van der Waals surface area contributed by atoms with Gasteiger partial charge in [0, 0.05) is 6.04 Å². The third-order valence-corrected chi connectivity index (χ3v) is 3.33. The summed E-state index contributed by atoms with van der Waals surface area (Å²) in [6, 6.07) is 0.601. The van der Waals surface area contributed by atoms with Crippen LogP contribution < -0.4 is 0 Å². The molecular weight excluding hydrogens is 214 g/mol. The minimum Gasteiger partial charge on any atom is -0.465 e. The van der Waals surface area contributed by atoms with Crippen LogP contribution in [0.4, 0.5) is 0 Å². The normalized spacial score (nSPS) is 17.5. The van der Waals surface area contributed by atoms with E-state index in [2.05, 4.69) is 25.7 Å². The fourth-order valence-corrected chi connectivity index (χ4v) is 2.18. The van der Waals surface area contributed by atoms with Crippen molar-refractivity contribution in [2.45, 2.75) is 65.5 Å². The Morgan fingerprint density at radius 3 is 2.41 bits per heavy atom. The van der Waals surface area contributed by atoms with E-state index in [1.807, 2.05) is 6.92 Å². The molecule has 0 aromatic rings. The Morgan fingerprint density at radius 1 is 1.35 bits per heavy atom. The number of hydrogen-bond acceptors (Lipinski definition) is 3. The van der Waals surface area contributed by atoms with Gasteiger partial charge in [-0.1, -0.05) is 20.8 Å². The molecular formula is C14H27NO2. The molecule has 100 valence electrons. The van der Waals surface area contributed by atoms with Gasteiger partial charge in [0.25, 0.3) is 0 Å². The number of rotatable bonds is 8. The topological polar surface area (TPSA) is 29.5 Å². The number of hydrogen-bond donors (Lipinski definition) is 0. The van der Waals surface area contributed by atoms with E-state index in [1.165, 1.54) is 12.8 Å². The van der Waals surface area contributed by atoms with Crippen molar-refractivity contribution in [2.24, 2.45) is 5.92 Å². The molecule has 0 N–H and O–H groups in total. The Balaban J connectivity index is 2.56. The minimum absolute atomic E-state index is 0.0267. The lowest BCUT2D eigenvalue weighted by Crippen LogP contribution is -2.44. The van der Waals surface area contributed by atoms with Crippen molar-refractivity contribution >= 4 is 5.97 Å². The molecule has 3 nitrogen and oxygen atoms in total. The van der Waals surface area contributed by atoms with Crippen LogP contribution in [0.15, 0.2) is 0 Å². The molecule has 0 spiro atoms. The summed E-state index contributed by atoms with van der Waals surface area (Å²) in [6.07, 6.45) is 4.50. The van der Waals surface area contributed by atoms with Crippen LogP contribution in [0.2, 0.25) is 0 Å². The molecule has 0 aliphatic heterocycles.